The molecule has 3 nitrogen and oxygen atoms in total. The molecule has 0 unspecified atom stereocenters. The molecule has 4 heteroatoms. The van der Waals surface area contributed by atoms with Gasteiger partial charge in [-0.15, -0.1) is 11.3 Å². The van der Waals surface area contributed by atoms with Gasteiger partial charge in [0.25, 0.3) is 0 Å². The standard InChI is InChI=1S/C15H13N3S/c16-14-8-11(6-7-17-14)9-15-18-13(10-19-15)12-4-2-1-3-5-12/h1-8,10H,9H2,(H2,16,17). The number of anilines is 1. The molecule has 1 aromatic carbocycles. The van der Waals surface area contributed by atoms with E-state index in [2.05, 4.69) is 27.5 Å². The predicted octanol–water partition coefficient (Wildman–Crippen LogP) is 3.38. The summed E-state index contributed by atoms with van der Waals surface area (Å²) in [5, 5.41) is 3.18. The van der Waals surface area contributed by atoms with Crippen molar-refractivity contribution in [2.24, 2.45) is 0 Å². The summed E-state index contributed by atoms with van der Waals surface area (Å²) in [6.45, 7) is 0. The molecule has 19 heavy (non-hydrogen) atoms. The summed E-state index contributed by atoms with van der Waals surface area (Å²) in [5.74, 6) is 0.553. The Kier molecular flexibility index (Phi) is 3.25. The fraction of sp³-hybridized carbons (Fsp3) is 0.0667. The Morgan fingerprint density at radius 3 is 2.74 bits per heavy atom. The van der Waals surface area contributed by atoms with E-state index in [9.17, 15) is 0 Å². The summed E-state index contributed by atoms with van der Waals surface area (Å²) in [7, 11) is 0. The van der Waals surface area contributed by atoms with Gasteiger partial charge in [0.2, 0.25) is 0 Å². The highest BCUT2D eigenvalue weighted by Gasteiger charge is 2.05. The van der Waals surface area contributed by atoms with Crippen LogP contribution >= 0.6 is 11.3 Å². The summed E-state index contributed by atoms with van der Waals surface area (Å²) >= 11 is 1.67. The normalized spacial score (nSPS) is 10.5. The Morgan fingerprint density at radius 1 is 1.11 bits per heavy atom. The largest absolute Gasteiger partial charge is 0.384 e. The number of pyridine rings is 1. The van der Waals surface area contributed by atoms with Crippen LogP contribution in [0.4, 0.5) is 5.82 Å². The number of nitrogen functional groups attached to an aromatic ring is 1. The van der Waals surface area contributed by atoms with Crippen LogP contribution in [0.3, 0.4) is 0 Å². The van der Waals surface area contributed by atoms with E-state index in [1.807, 2.05) is 30.3 Å². The van der Waals surface area contributed by atoms with Gasteiger partial charge in [0.15, 0.2) is 0 Å². The molecule has 0 spiro atoms. The highest BCUT2D eigenvalue weighted by molar-refractivity contribution is 7.10. The third kappa shape index (κ3) is 2.80. The molecule has 0 saturated heterocycles. The van der Waals surface area contributed by atoms with Gasteiger partial charge in [-0.1, -0.05) is 30.3 Å². The second-order valence-corrected chi connectivity index (χ2v) is 5.20. The Hall–Kier alpha value is -2.20. The number of hydrogen-bond donors (Lipinski definition) is 1. The Bertz CT molecular complexity index is 677. The van der Waals surface area contributed by atoms with Crippen LogP contribution in [-0.2, 0) is 6.42 Å². The van der Waals surface area contributed by atoms with Gasteiger partial charge in [-0.25, -0.2) is 9.97 Å². The van der Waals surface area contributed by atoms with Crippen LogP contribution in [0.15, 0.2) is 54.0 Å². The number of nitrogens with two attached hydrogens (primary N) is 1. The van der Waals surface area contributed by atoms with E-state index in [0.717, 1.165) is 28.2 Å². The van der Waals surface area contributed by atoms with Crippen molar-refractivity contribution in [1.29, 1.82) is 0 Å². The smallest absolute Gasteiger partial charge is 0.123 e. The maximum absolute atomic E-state index is 5.68. The highest BCUT2D eigenvalue weighted by Crippen LogP contribution is 2.23. The summed E-state index contributed by atoms with van der Waals surface area (Å²) in [4.78, 5) is 8.66. The third-order valence-electron chi connectivity index (χ3n) is 2.82. The molecule has 0 saturated carbocycles. The van der Waals surface area contributed by atoms with Crippen LogP contribution in [-0.4, -0.2) is 9.97 Å². The molecule has 3 rings (SSSR count). The maximum atomic E-state index is 5.68. The number of nitrogens with zero attached hydrogens (tertiary/aromatic N) is 2. The molecule has 94 valence electrons. The first kappa shape index (κ1) is 11.9. The molecular formula is C15H13N3S. The van der Waals surface area contributed by atoms with Crippen molar-refractivity contribution in [1.82, 2.24) is 9.97 Å². The van der Waals surface area contributed by atoms with Crippen LogP contribution in [0.5, 0.6) is 0 Å². The van der Waals surface area contributed by atoms with Crippen LogP contribution in [0.25, 0.3) is 11.3 Å². The molecule has 2 aromatic heterocycles. The third-order valence-corrected chi connectivity index (χ3v) is 3.67. The molecule has 0 aliphatic rings. The summed E-state index contributed by atoms with van der Waals surface area (Å²) in [6, 6.07) is 14.1. The van der Waals surface area contributed by atoms with Gasteiger partial charge >= 0.3 is 0 Å². The molecule has 0 radical (unpaired) electrons. The van der Waals surface area contributed by atoms with Crippen molar-refractivity contribution in [3.05, 3.63) is 64.6 Å². The van der Waals surface area contributed by atoms with Gasteiger partial charge in [-0.3, -0.25) is 0 Å². The topological polar surface area (TPSA) is 51.8 Å². The van der Waals surface area contributed by atoms with Gasteiger partial charge in [-0.2, -0.15) is 0 Å². The van der Waals surface area contributed by atoms with Gasteiger partial charge in [0, 0.05) is 23.6 Å². The van der Waals surface area contributed by atoms with E-state index in [4.69, 9.17) is 5.73 Å². The zero-order chi connectivity index (χ0) is 13.1. The average Bonchev–Trinajstić information content (AvgIpc) is 2.88. The molecule has 0 fully saturated rings. The number of hydrogen-bond acceptors (Lipinski definition) is 4. The van der Waals surface area contributed by atoms with Crippen LogP contribution in [0.2, 0.25) is 0 Å². The maximum Gasteiger partial charge on any atom is 0.123 e. The number of aromatic nitrogens is 2. The van der Waals surface area contributed by atoms with Gasteiger partial charge in [0.05, 0.1) is 10.7 Å². The molecule has 0 aliphatic carbocycles. The van der Waals surface area contributed by atoms with Crippen molar-refractivity contribution in [3.63, 3.8) is 0 Å². The molecule has 0 amide bonds. The molecule has 3 aromatic rings. The molecule has 2 heterocycles. The number of benzene rings is 1. The molecule has 0 aliphatic heterocycles. The predicted molar refractivity (Wildman–Crippen MR) is 79.0 cm³/mol. The van der Waals surface area contributed by atoms with Crippen molar-refractivity contribution in [2.45, 2.75) is 6.42 Å². The fourth-order valence-corrected chi connectivity index (χ4v) is 2.75. The van der Waals surface area contributed by atoms with Crippen LogP contribution in [0, 0.1) is 0 Å². The zero-order valence-electron chi connectivity index (χ0n) is 10.3. The number of rotatable bonds is 3. The highest BCUT2D eigenvalue weighted by atomic mass is 32.1. The van der Waals surface area contributed by atoms with Gasteiger partial charge in [-0.05, 0) is 17.7 Å². The average molecular weight is 267 g/mol. The number of thiazole rings is 1. The lowest BCUT2D eigenvalue weighted by Gasteiger charge is -1.99. The van der Waals surface area contributed by atoms with Crippen LogP contribution in [0.1, 0.15) is 10.6 Å². The summed E-state index contributed by atoms with van der Waals surface area (Å²) < 4.78 is 0. The lowest BCUT2D eigenvalue weighted by molar-refractivity contribution is 1.13. The van der Waals surface area contributed by atoms with Crippen molar-refractivity contribution in [3.8, 4) is 11.3 Å². The summed E-state index contributed by atoms with van der Waals surface area (Å²) in [5.41, 5.74) is 9.00. The van der Waals surface area contributed by atoms with E-state index in [0.29, 0.717) is 5.82 Å². The van der Waals surface area contributed by atoms with Gasteiger partial charge in [0.1, 0.15) is 5.82 Å². The molecule has 0 atom stereocenters. The van der Waals surface area contributed by atoms with Crippen molar-refractivity contribution in [2.75, 3.05) is 5.73 Å². The Labute approximate surface area is 115 Å². The minimum absolute atomic E-state index is 0.553. The zero-order valence-corrected chi connectivity index (χ0v) is 11.1. The van der Waals surface area contributed by atoms with E-state index < -0.39 is 0 Å². The second-order valence-electron chi connectivity index (χ2n) is 4.26. The minimum Gasteiger partial charge on any atom is -0.384 e. The second kappa shape index (κ2) is 5.20. The van der Waals surface area contributed by atoms with Crippen molar-refractivity contribution >= 4 is 17.2 Å². The Morgan fingerprint density at radius 2 is 1.95 bits per heavy atom. The molecule has 2 N–H and O–H groups in total. The van der Waals surface area contributed by atoms with Gasteiger partial charge < -0.3 is 5.73 Å². The van der Waals surface area contributed by atoms with E-state index in [-0.39, 0.29) is 0 Å². The monoisotopic (exact) mass is 267 g/mol. The minimum atomic E-state index is 0.553. The molecule has 0 bridgehead atoms. The molecular weight excluding hydrogens is 254 g/mol. The van der Waals surface area contributed by atoms with Crippen molar-refractivity contribution < 1.29 is 0 Å². The lowest BCUT2D eigenvalue weighted by Crippen LogP contribution is -1.93. The fourth-order valence-electron chi connectivity index (χ4n) is 1.91. The van der Waals surface area contributed by atoms with E-state index in [1.54, 1.807) is 17.5 Å². The Balaban J connectivity index is 1.82. The first-order chi connectivity index (χ1) is 9.31. The quantitative estimate of drug-likeness (QED) is 0.791. The summed E-state index contributed by atoms with van der Waals surface area (Å²) in [6.07, 6.45) is 2.53. The first-order valence-electron chi connectivity index (χ1n) is 6.01. The lowest BCUT2D eigenvalue weighted by atomic mass is 10.2. The first-order valence-corrected chi connectivity index (χ1v) is 6.89. The van der Waals surface area contributed by atoms with E-state index >= 15 is 0 Å². The van der Waals surface area contributed by atoms with Crippen LogP contribution < -0.4 is 5.73 Å². The SMILES string of the molecule is Nc1cc(Cc2nc(-c3ccccc3)cs2)ccn1. The van der Waals surface area contributed by atoms with E-state index in [1.165, 1.54) is 0 Å².